The smallest absolute Gasteiger partial charge is 0.186 e. The third-order valence-corrected chi connectivity index (χ3v) is 6.15. The Morgan fingerprint density at radius 2 is 1.84 bits per heavy atom. The van der Waals surface area contributed by atoms with E-state index in [0.29, 0.717) is 11.5 Å². The van der Waals surface area contributed by atoms with Crippen LogP contribution in [-0.2, 0) is 9.47 Å². The van der Waals surface area contributed by atoms with Crippen molar-refractivity contribution >= 4 is 12.2 Å². The molecule has 4 rings (SSSR count). The number of hydrogen-bond acceptors (Lipinski definition) is 12. The van der Waals surface area contributed by atoms with Crippen LogP contribution in [-0.4, -0.2) is 114 Å². The van der Waals surface area contributed by atoms with E-state index < -0.39 is 67.6 Å². The van der Waals surface area contributed by atoms with Crippen LogP contribution in [0.5, 0.6) is 0 Å². The maximum atomic E-state index is 10.6. The third kappa shape index (κ3) is 4.08. The molecule has 1 aliphatic carbocycles. The molecule has 10 atom stereocenters. The Morgan fingerprint density at radius 3 is 2.58 bits per heavy atom. The van der Waals surface area contributed by atoms with Gasteiger partial charge in [-0.15, -0.1) is 0 Å². The van der Waals surface area contributed by atoms with E-state index in [0.717, 1.165) is 0 Å². The van der Waals surface area contributed by atoms with Gasteiger partial charge in [-0.05, 0) is 6.42 Å². The Bertz CT molecular complexity index is 790. The molecule has 1 aromatic heterocycles. The van der Waals surface area contributed by atoms with Crippen LogP contribution in [0.25, 0.3) is 0 Å². The van der Waals surface area contributed by atoms with Crippen LogP contribution in [0.2, 0.25) is 0 Å². The monoisotopic (exact) mass is 444 g/mol. The lowest BCUT2D eigenvalue weighted by atomic mass is 9.99. The van der Waals surface area contributed by atoms with E-state index in [2.05, 4.69) is 15.3 Å². The number of β-amino-alcohol motifs (C(OH)–C–C–N with tert-alkyl or cyclic N) is 1. The maximum absolute atomic E-state index is 10.6. The highest BCUT2D eigenvalue weighted by Crippen LogP contribution is 2.40. The van der Waals surface area contributed by atoms with Gasteiger partial charge in [-0.1, -0.05) is 0 Å². The second-order valence-corrected chi connectivity index (χ2v) is 8.12. The van der Waals surface area contributed by atoms with Crippen LogP contribution in [0.1, 0.15) is 24.3 Å². The van der Waals surface area contributed by atoms with E-state index in [-0.39, 0.29) is 19.6 Å². The van der Waals surface area contributed by atoms with Gasteiger partial charge in [-0.2, -0.15) is 0 Å². The number of nitrogens with zero attached hydrogens (tertiary/aromatic N) is 3. The standard InChI is InChI=1S/C18H28N4O9/c23-3-10-14(27)15(28)16(29)18(31-10)30-4-7-1-8(13(26)12(7)25)22-6-21-11-9(24)2-19-5-20-17(11)22/h5-10,12-16,18,23-29H,1-4H2,(H,19,20)/t7?,8?,9?,10-,12?,13?,14-,15+,16-,18-/m1/s1. The van der Waals surface area contributed by atoms with Crippen molar-refractivity contribution in [1.29, 1.82) is 0 Å². The molecular formula is C18H28N4O9. The lowest BCUT2D eigenvalue weighted by Gasteiger charge is -2.40. The third-order valence-electron chi connectivity index (χ3n) is 6.15. The van der Waals surface area contributed by atoms with Gasteiger partial charge in [0.15, 0.2) is 12.1 Å². The zero-order valence-corrected chi connectivity index (χ0v) is 16.5. The van der Waals surface area contributed by atoms with Gasteiger partial charge >= 0.3 is 0 Å². The van der Waals surface area contributed by atoms with Gasteiger partial charge in [0.1, 0.15) is 42.3 Å². The van der Waals surface area contributed by atoms with Crippen LogP contribution >= 0.6 is 0 Å². The number of aliphatic imine (C=N–C) groups is 1. The van der Waals surface area contributed by atoms with E-state index in [1.54, 1.807) is 4.57 Å². The van der Waals surface area contributed by atoms with Gasteiger partial charge in [-0.25, -0.2) is 9.98 Å². The molecule has 31 heavy (non-hydrogen) atoms. The molecule has 3 aliphatic rings. The molecule has 3 heterocycles. The molecule has 8 N–H and O–H groups in total. The largest absolute Gasteiger partial charge is 0.394 e. The molecule has 0 radical (unpaired) electrons. The van der Waals surface area contributed by atoms with E-state index in [4.69, 9.17) is 9.47 Å². The van der Waals surface area contributed by atoms with Crippen molar-refractivity contribution < 1.29 is 45.2 Å². The summed E-state index contributed by atoms with van der Waals surface area (Å²) in [4.78, 5) is 8.44. The van der Waals surface area contributed by atoms with Crippen LogP contribution < -0.4 is 5.32 Å². The first kappa shape index (κ1) is 22.5. The van der Waals surface area contributed by atoms with Gasteiger partial charge in [0.2, 0.25) is 0 Å². The number of aliphatic hydroxyl groups is 7. The first-order valence-electron chi connectivity index (χ1n) is 10.1. The van der Waals surface area contributed by atoms with Gasteiger partial charge in [-0.3, -0.25) is 0 Å². The molecule has 2 fully saturated rings. The minimum Gasteiger partial charge on any atom is -0.394 e. The Morgan fingerprint density at radius 1 is 1.06 bits per heavy atom. The van der Waals surface area contributed by atoms with Crippen LogP contribution in [0.3, 0.4) is 0 Å². The summed E-state index contributed by atoms with van der Waals surface area (Å²) in [6, 6.07) is -0.586. The SMILES string of the molecule is OC[C@H]1O[C@@H](OCC2CC(n3cnc4c3N=CNCC4O)C(O)C2O)[C@H](O)[C@@H](O)[C@@H]1O. The molecule has 13 heteroatoms. The number of rotatable bonds is 5. The topological polar surface area (TPSA) is 202 Å². The van der Waals surface area contributed by atoms with E-state index in [1.165, 1.54) is 12.7 Å². The summed E-state index contributed by atoms with van der Waals surface area (Å²) in [5.74, 6) is -0.174. The summed E-state index contributed by atoms with van der Waals surface area (Å²) in [5, 5.41) is 73.2. The van der Waals surface area contributed by atoms with Crippen molar-refractivity contribution in [3.63, 3.8) is 0 Å². The Labute approximate surface area is 177 Å². The first-order chi connectivity index (χ1) is 14.8. The average molecular weight is 444 g/mol. The minimum absolute atomic E-state index is 0.123. The number of fused-ring (bicyclic) bond motifs is 1. The van der Waals surface area contributed by atoms with Crippen molar-refractivity contribution in [2.24, 2.45) is 10.9 Å². The number of imidazole rings is 1. The zero-order valence-electron chi connectivity index (χ0n) is 16.5. The fourth-order valence-corrected chi connectivity index (χ4v) is 4.31. The number of aromatic nitrogens is 2. The normalized spacial score (nSPS) is 42.8. The van der Waals surface area contributed by atoms with Crippen LogP contribution in [0.4, 0.5) is 5.82 Å². The summed E-state index contributed by atoms with van der Waals surface area (Å²) >= 11 is 0. The molecule has 174 valence electrons. The quantitative estimate of drug-likeness (QED) is 0.222. The number of hydrogen-bond donors (Lipinski definition) is 8. The lowest BCUT2D eigenvalue weighted by molar-refractivity contribution is -0.304. The van der Waals surface area contributed by atoms with E-state index >= 15 is 0 Å². The molecule has 0 bridgehead atoms. The fourth-order valence-electron chi connectivity index (χ4n) is 4.31. The van der Waals surface area contributed by atoms with Gasteiger partial charge in [0.05, 0.1) is 38.0 Å². The molecule has 0 aromatic carbocycles. The highest BCUT2D eigenvalue weighted by atomic mass is 16.7. The fraction of sp³-hybridized carbons (Fsp3) is 0.778. The van der Waals surface area contributed by atoms with Gasteiger partial charge < -0.3 is 55.1 Å². The predicted molar refractivity (Wildman–Crippen MR) is 102 cm³/mol. The van der Waals surface area contributed by atoms with Crippen molar-refractivity contribution in [2.75, 3.05) is 19.8 Å². The Hall–Kier alpha value is -1.68. The number of nitrogens with one attached hydrogen (secondary N) is 1. The Balaban J connectivity index is 1.44. The molecular weight excluding hydrogens is 416 g/mol. The molecule has 2 aliphatic heterocycles. The maximum Gasteiger partial charge on any atom is 0.186 e. The number of ether oxygens (including phenoxy) is 2. The highest BCUT2D eigenvalue weighted by molar-refractivity contribution is 5.62. The average Bonchev–Trinajstić information content (AvgIpc) is 3.24. The summed E-state index contributed by atoms with van der Waals surface area (Å²) in [5.41, 5.74) is 0.365. The van der Waals surface area contributed by atoms with Crippen molar-refractivity contribution in [1.82, 2.24) is 14.9 Å². The highest BCUT2D eigenvalue weighted by Gasteiger charge is 2.47. The van der Waals surface area contributed by atoms with Crippen LogP contribution in [0.15, 0.2) is 11.3 Å². The van der Waals surface area contributed by atoms with Crippen molar-refractivity contribution in [2.45, 2.75) is 61.5 Å². The number of aliphatic hydroxyl groups excluding tert-OH is 7. The summed E-state index contributed by atoms with van der Waals surface area (Å²) in [6.45, 7) is -0.453. The van der Waals surface area contributed by atoms with E-state index in [9.17, 15) is 35.7 Å². The van der Waals surface area contributed by atoms with Crippen LogP contribution in [0, 0.1) is 5.92 Å². The second kappa shape index (κ2) is 9.05. The molecule has 13 nitrogen and oxygen atoms in total. The summed E-state index contributed by atoms with van der Waals surface area (Å²) in [6.07, 6.45) is -7.06. The van der Waals surface area contributed by atoms with Gasteiger partial charge in [0.25, 0.3) is 0 Å². The summed E-state index contributed by atoms with van der Waals surface area (Å²) < 4.78 is 12.4. The molecule has 1 saturated carbocycles. The molecule has 0 spiro atoms. The second-order valence-electron chi connectivity index (χ2n) is 8.12. The lowest BCUT2D eigenvalue weighted by Crippen LogP contribution is -2.59. The first-order valence-corrected chi connectivity index (χ1v) is 10.1. The molecule has 5 unspecified atom stereocenters. The van der Waals surface area contributed by atoms with Crippen molar-refractivity contribution in [3.8, 4) is 0 Å². The van der Waals surface area contributed by atoms with Crippen molar-refractivity contribution in [3.05, 3.63) is 12.0 Å². The zero-order chi connectivity index (χ0) is 22.3. The van der Waals surface area contributed by atoms with Gasteiger partial charge in [0, 0.05) is 12.5 Å². The summed E-state index contributed by atoms with van der Waals surface area (Å²) in [7, 11) is 0. The minimum atomic E-state index is -1.57. The molecule has 1 aromatic rings. The predicted octanol–water partition coefficient (Wildman–Crippen LogP) is -3.72. The van der Waals surface area contributed by atoms with E-state index in [1.807, 2.05) is 0 Å². The molecule has 0 amide bonds. The molecule has 1 saturated heterocycles. The Kier molecular flexibility index (Phi) is 6.57.